The van der Waals surface area contributed by atoms with E-state index in [4.69, 9.17) is 0 Å². The molecule has 2 aliphatic rings. The topological polar surface area (TPSA) is 69.6 Å². The summed E-state index contributed by atoms with van der Waals surface area (Å²) in [7, 11) is 0. The molecule has 3 rings (SSSR count). The standard InChI is InChI=1S/C17H25N5O2/c1-13-4-3-5-22(12-13)17-18-10-15(11-19-17)16(24)21-8-6-20(7-9-21)14(2)23/h10-11,13H,3-9,12H2,1-2H3. The third-order valence-corrected chi connectivity index (χ3v) is 4.84. The van der Waals surface area contributed by atoms with E-state index in [0.717, 1.165) is 19.5 Å². The Labute approximate surface area is 142 Å². The highest BCUT2D eigenvalue weighted by atomic mass is 16.2. The van der Waals surface area contributed by atoms with Gasteiger partial charge < -0.3 is 14.7 Å². The first kappa shape index (κ1) is 16.7. The van der Waals surface area contributed by atoms with Crippen molar-refractivity contribution in [3.8, 4) is 0 Å². The van der Waals surface area contributed by atoms with E-state index < -0.39 is 0 Å². The van der Waals surface area contributed by atoms with Crippen molar-refractivity contribution in [1.82, 2.24) is 19.8 Å². The van der Waals surface area contributed by atoms with Crippen LogP contribution in [-0.2, 0) is 4.79 Å². The van der Waals surface area contributed by atoms with Crippen molar-refractivity contribution in [3.63, 3.8) is 0 Å². The van der Waals surface area contributed by atoms with Crippen LogP contribution in [0.3, 0.4) is 0 Å². The molecule has 0 radical (unpaired) electrons. The van der Waals surface area contributed by atoms with Crippen LogP contribution < -0.4 is 4.90 Å². The minimum Gasteiger partial charge on any atom is -0.341 e. The SMILES string of the molecule is CC(=O)N1CCN(C(=O)c2cnc(N3CCCC(C)C3)nc2)CC1. The number of anilines is 1. The van der Waals surface area contributed by atoms with E-state index >= 15 is 0 Å². The van der Waals surface area contributed by atoms with Gasteiger partial charge in [-0.25, -0.2) is 9.97 Å². The minimum absolute atomic E-state index is 0.0586. The third-order valence-electron chi connectivity index (χ3n) is 4.84. The summed E-state index contributed by atoms with van der Waals surface area (Å²) in [6.45, 7) is 8.05. The second-order valence-corrected chi connectivity index (χ2v) is 6.76. The zero-order valence-electron chi connectivity index (χ0n) is 14.4. The molecule has 1 atom stereocenters. The van der Waals surface area contributed by atoms with Gasteiger partial charge in [0.15, 0.2) is 0 Å². The molecule has 1 aromatic heterocycles. The fourth-order valence-electron chi connectivity index (χ4n) is 3.37. The van der Waals surface area contributed by atoms with Gasteiger partial charge in [-0.1, -0.05) is 6.92 Å². The average molecular weight is 331 g/mol. The number of carbonyl (C=O) groups excluding carboxylic acids is 2. The third kappa shape index (κ3) is 3.66. The van der Waals surface area contributed by atoms with Crippen molar-refractivity contribution in [2.75, 3.05) is 44.2 Å². The van der Waals surface area contributed by atoms with Crippen molar-refractivity contribution < 1.29 is 9.59 Å². The number of nitrogens with zero attached hydrogens (tertiary/aromatic N) is 5. The first-order valence-electron chi connectivity index (χ1n) is 8.66. The summed E-state index contributed by atoms with van der Waals surface area (Å²) in [6.07, 6.45) is 5.66. The highest BCUT2D eigenvalue weighted by Gasteiger charge is 2.24. The summed E-state index contributed by atoms with van der Waals surface area (Å²) in [6, 6.07) is 0. The summed E-state index contributed by atoms with van der Waals surface area (Å²) in [4.78, 5) is 38.4. The fourth-order valence-corrected chi connectivity index (χ4v) is 3.37. The Kier molecular flexibility index (Phi) is 4.97. The number of rotatable bonds is 2. The Morgan fingerprint density at radius 3 is 2.25 bits per heavy atom. The summed E-state index contributed by atoms with van der Waals surface area (Å²) in [5.41, 5.74) is 0.514. The van der Waals surface area contributed by atoms with E-state index in [1.807, 2.05) is 0 Å². The van der Waals surface area contributed by atoms with E-state index in [-0.39, 0.29) is 11.8 Å². The molecule has 7 nitrogen and oxygen atoms in total. The zero-order valence-corrected chi connectivity index (χ0v) is 14.4. The minimum atomic E-state index is -0.0586. The number of aromatic nitrogens is 2. The second-order valence-electron chi connectivity index (χ2n) is 6.76. The maximum Gasteiger partial charge on any atom is 0.257 e. The summed E-state index contributed by atoms with van der Waals surface area (Å²) in [5.74, 6) is 1.36. The van der Waals surface area contributed by atoms with Crippen LogP contribution in [0.4, 0.5) is 5.95 Å². The van der Waals surface area contributed by atoms with E-state index in [2.05, 4.69) is 21.8 Å². The molecule has 2 saturated heterocycles. The fraction of sp³-hybridized carbons (Fsp3) is 0.647. The van der Waals surface area contributed by atoms with E-state index in [1.165, 1.54) is 6.42 Å². The Hall–Kier alpha value is -2.18. The first-order chi connectivity index (χ1) is 11.5. The molecule has 7 heteroatoms. The van der Waals surface area contributed by atoms with E-state index in [0.29, 0.717) is 43.6 Å². The Bertz CT molecular complexity index is 596. The maximum absolute atomic E-state index is 12.5. The number of piperidine rings is 1. The number of amides is 2. The molecule has 0 aliphatic carbocycles. The van der Waals surface area contributed by atoms with Crippen molar-refractivity contribution in [3.05, 3.63) is 18.0 Å². The van der Waals surface area contributed by atoms with Crippen LogP contribution in [0.2, 0.25) is 0 Å². The molecule has 1 aromatic rings. The molecule has 0 bridgehead atoms. The number of hydrogen-bond acceptors (Lipinski definition) is 5. The Morgan fingerprint density at radius 2 is 1.67 bits per heavy atom. The molecule has 2 aliphatic heterocycles. The summed E-state index contributed by atoms with van der Waals surface area (Å²) < 4.78 is 0. The maximum atomic E-state index is 12.5. The molecule has 0 spiro atoms. The highest BCUT2D eigenvalue weighted by molar-refractivity contribution is 5.93. The average Bonchev–Trinajstić information content (AvgIpc) is 2.61. The van der Waals surface area contributed by atoms with Crippen molar-refractivity contribution in [2.24, 2.45) is 5.92 Å². The van der Waals surface area contributed by atoms with Gasteiger partial charge in [0.2, 0.25) is 11.9 Å². The summed E-state index contributed by atoms with van der Waals surface area (Å²) >= 11 is 0. The van der Waals surface area contributed by atoms with E-state index in [9.17, 15) is 9.59 Å². The van der Waals surface area contributed by atoms with Crippen LogP contribution in [0, 0.1) is 5.92 Å². The van der Waals surface area contributed by atoms with Gasteiger partial charge in [-0.15, -0.1) is 0 Å². The summed E-state index contributed by atoms with van der Waals surface area (Å²) in [5, 5.41) is 0. The van der Waals surface area contributed by atoms with E-state index in [1.54, 1.807) is 29.1 Å². The van der Waals surface area contributed by atoms with Crippen LogP contribution in [0.15, 0.2) is 12.4 Å². The van der Waals surface area contributed by atoms with Gasteiger partial charge in [-0.2, -0.15) is 0 Å². The van der Waals surface area contributed by atoms with Crippen LogP contribution >= 0.6 is 0 Å². The van der Waals surface area contributed by atoms with Gasteiger partial charge >= 0.3 is 0 Å². The lowest BCUT2D eigenvalue weighted by Gasteiger charge is -2.34. The van der Waals surface area contributed by atoms with Gasteiger partial charge in [0, 0.05) is 58.6 Å². The molecular formula is C17H25N5O2. The monoisotopic (exact) mass is 331 g/mol. The molecule has 24 heavy (non-hydrogen) atoms. The van der Waals surface area contributed by atoms with Crippen molar-refractivity contribution in [1.29, 1.82) is 0 Å². The van der Waals surface area contributed by atoms with Crippen molar-refractivity contribution in [2.45, 2.75) is 26.7 Å². The Morgan fingerprint density at radius 1 is 1.04 bits per heavy atom. The quantitative estimate of drug-likeness (QED) is 0.809. The predicted octanol–water partition coefficient (Wildman–Crippen LogP) is 1.02. The largest absolute Gasteiger partial charge is 0.341 e. The normalized spacial score (nSPS) is 21.8. The van der Waals surface area contributed by atoms with Gasteiger partial charge in [0.05, 0.1) is 5.56 Å². The lowest BCUT2D eigenvalue weighted by Crippen LogP contribution is -2.50. The van der Waals surface area contributed by atoms with Crippen LogP contribution in [0.25, 0.3) is 0 Å². The molecular weight excluding hydrogens is 306 g/mol. The van der Waals surface area contributed by atoms with Crippen LogP contribution in [0.1, 0.15) is 37.0 Å². The first-order valence-corrected chi connectivity index (χ1v) is 8.66. The van der Waals surface area contributed by atoms with Gasteiger partial charge in [0.1, 0.15) is 0 Å². The highest BCUT2D eigenvalue weighted by Crippen LogP contribution is 2.19. The lowest BCUT2D eigenvalue weighted by molar-refractivity contribution is -0.130. The number of piperazine rings is 1. The molecule has 2 amide bonds. The van der Waals surface area contributed by atoms with Crippen molar-refractivity contribution >= 4 is 17.8 Å². The lowest BCUT2D eigenvalue weighted by atomic mass is 10.0. The van der Waals surface area contributed by atoms with Gasteiger partial charge in [0.25, 0.3) is 5.91 Å². The van der Waals surface area contributed by atoms with Gasteiger partial charge in [-0.3, -0.25) is 9.59 Å². The van der Waals surface area contributed by atoms with Gasteiger partial charge in [-0.05, 0) is 18.8 Å². The molecule has 3 heterocycles. The predicted molar refractivity (Wildman–Crippen MR) is 90.8 cm³/mol. The van der Waals surface area contributed by atoms with Crippen LogP contribution in [0.5, 0.6) is 0 Å². The number of carbonyl (C=O) groups is 2. The second kappa shape index (κ2) is 7.15. The zero-order chi connectivity index (χ0) is 17.1. The Balaban J connectivity index is 1.61. The molecule has 2 fully saturated rings. The molecule has 1 unspecified atom stereocenters. The molecule has 0 N–H and O–H groups in total. The smallest absolute Gasteiger partial charge is 0.257 e. The number of hydrogen-bond donors (Lipinski definition) is 0. The molecule has 0 saturated carbocycles. The van der Waals surface area contributed by atoms with Crippen LogP contribution in [-0.4, -0.2) is 70.9 Å². The molecule has 0 aromatic carbocycles. The molecule has 130 valence electrons.